The molecular formula is C24H23ClN4O2. The van der Waals surface area contributed by atoms with Crippen LogP contribution in [0.15, 0.2) is 42.6 Å². The Morgan fingerprint density at radius 3 is 2.87 bits per heavy atom. The molecule has 6 nitrogen and oxygen atoms in total. The first kappa shape index (κ1) is 21.1. The van der Waals surface area contributed by atoms with Crippen LogP contribution in [-0.2, 0) is 11.8 Å². The third kappa shape index (κ3) is 4.34. The molecule has 158 valence electrons. The first-order chi connectivity index (χ1) is 14.9. The zero-order chi connectivity index (χ0) is 22.0. The lowest BCUT2D eigenvalue weighted by Crippen LogP contribution is -2.12. The maximum Gasteiger partial charge on any atom is 0.227 e. The molecule has 0 fully saturated rings. The number of aromatic nitrogens is 2. The van der Waals surface area contributed by atoms with Crippen LogP contribution < -0.4 is 10.1 Å². The summed E-state index contributed by atoms with van der Waals surface area (Å²) in [5.74, 6) is 0.922. The van der Waals surface area contributed by atoms with Gasteiger partial charge in [-0.3, -0.25) is 0 Å². The Kier molecular flexibility index (Phi) is 5.81. The number of nitrogens with zero attached hydrogens (tertiary/aromatic N) is 3. The number of anilines is 2. The maximum absolute atomic E-state index is 9.68. The number of nitrogens with one attached hydrogen (secondary N) is 1. The van der Waals surface area contributed by atoms with Gasteiger partial charge in [0.25, 0.3) is 0 Å². The van der Waals surface area contributed by atoms with Crippen LogP contribution in [0.5, 0.6) is 5.75 Å². The molecule has 0 aliphatic heterocycles. The Morgan fingerprint density at radius 2 is 2.10 bits per heavy atom. The van der Waals surface area contributed by atoms with Gasteiger partial charge in [-0.2, -0.15) is 5.26 Å². The zero-order valence-electron chi connectivity index (χ0n) is 17.4. The molecule has 2 aromatic carbocycles. The van der Waals surface area contributed by atoms with E-state index in [0.717, 1.165) is 29.7 Å². The van der Waals surface area contributed by atoms with E-state index in [2.05, 4.69) is 41.3 Å². The minimum atomic E-state index is -0.0933. The summed E-state index contributed by atoms with van der Waals surface area (Å²) in [6, 6.07) is 13.4. The molecule has 0 bridgehead atoms. The second-order valence-electron chi connectivity index (χ2n) is 8.15. The molecule has 1 aliphatic rings. The number of hydrogen-bond acceptors (Lipinski definition) is 6. The Labute approximate surface area is 186 Å². The van der Waals surface area contributed by atoms with Crippen LogP contribution >= 0.6 is 11.6 Å². The molecular weight excluding hydrogens is 412 g/mol. The van der Waals surface area contributed by atoms with Crippen molar-refractivity contribution < 1.29 is 9.84 Å². The van der Waals surface area contributed by atoms with Crippen LogP contribution in [0.3, 0.4) is 0 Å². The second-order valence-corrected chi connectivity index (χ2v) is 8.59. The fourth-order valence-corrected chi connectivity index (χ4v) is 4.12. The molecule has 1 heterocycles. The molecule has 4 rings (SSSR count). The number of nitriles is 1. The Morgan fingerprint density at radius 1 is 1.26 bits per heavy atom. The average molecular weight is 435 g/mol. The van der Waals surface area contributed by atoms with Crippen LogP contribution in [0.2, 0.25) is 5.02 Å². The topological polar surface area (TPSA) is 91.1 Å². The smallest absolute Gasteiger partial charge is 0.227 e. The summed E-state index contributed by atoms with van der Waals surface area (Å²) in [5, 5.41) is 22.4. The monoisotopic (exact) mass is 434 g/mol. The minimum absolute atomic E-state index is 0.0325. The lowest BCUT2D eigenvalue weighted by atomic mass is 9.84. The summed E-state index contributed by atoms with van der Waals surface area (Å²) in [5.41, 5.74) is 5.31. The zero-order valence-corrected chi connectivity index (χ0v) is 18.2. The number of benzene rings is 2. The van der Waals surface area contributed by atoms with Crippen molar-refractivity contribution in [2.24, 2.45) is 0 Å². The highest BCUT2D eigenvalue weighted by atomic mass is 35.5. The molecule has 0 radical (unpaired) electrons. The molecule has 31 heavy (non-hydrogen) atoms. The van der Waals surface area contributed by atoms with Gasteiger partial charge in [-0.25, -0.2) is 9.97 Å². The van der Waals surface area contributed by atoms with Crippen LogP contribution in [0.25, 0.3) is 11.3 Å². The highest BCUT2D eigenvalue weighted by Gasteiger charge is 2.32. The van der Waals surface area contributed by atoms with Crippen LogP contribution in [0.4, 0.5) is 11.6 Å². The lowest BCUT2D eigenvalue weighted by Gasteiger charge is -2.20. The second kappa shape index (κ2) is 8.54. The summed E-state index contributed by atoms with van der Waals surface area (Å²) < 4.78 is 5.57. The van der Waals surface area contributed by atoms with Crippen molar-refractivity contribution in [1.82, 2.24) is 9.97 Å². The third-order valence-corrected chi connectivity index (χ3v) is 5.82. The van der Waals surface area contributed by atoms with E-state index in [1.165, 1.54) is 5.56 Å². The summed E-state index contributed by atoms with van der Waals surface area (Å²) in [6.07, 6.45) is 3.63. The number of halogens is 1. The number of hydrogen-bond donors (Lipinski definition) is 2. The summed E-state index contributed by atoms with van der Waals surface area (Å²) in [6.45, 7) is 4.50. The van der Waals surface area contributed by atoms with Gasteiger partial charge in [0.1, 0.15) is 12.4 Å². The third-order valence-electron chi connectivity index (χ3n) is 5.59. The van der Waals surface area contributed by atoms with Crippen molar-refractivity contribution in [3.05, 3.63) is 64.3 Å². The molecule has 3 aromatic rings. The van der Waals surface area contributed by atoms with Crippen molar-refractivity contribution in [3.8, 4) is 23.1 Å². The molecule has 2 N–H and O–H groups in total. The highest BCUT2D eigenvalue weighted by molar-refractivity contribution is 6.31. The van der Waals surface area contributed by atoms with Crippen molar-refractivity contribution in [2.45, 2.75) is 32.1 Å². The van der Waals surface area contributed by atoms with Gasteiger partial charge in [-0.15, -0.1) is 0 Å². The number of aliphatic hydroxyl groups excluding tert-OH is 1. The van der Waals surface area contributed by atoms with Gasteiger partial charge in [-0.1, -0.05) is 25.4 Å². The molecule has 0 saturated heterocycles. The molecule has 0 saturated carbocycles. The summed E-state index contributed by atoms with van der Waals surface area (Å²) in [4.78, 5) is 8.98. The Bertz CT molecular complexity index is 1170. The van der Waals surface area contributed by atoms with E-state index in [-0.39, 0.29) is 18.6 Å². The number of aliphatic hydroxyl groups is 1. The molecule has 0 spiro atoms. The first-order valence-electron chi connectivity index (χ1n) is 10.1. The molecule has 1 aromatic heterocycles. The van der Waals surface area contributed by atoms with E-state index in [1.54, 1.807) is 24.4 Å². The van der Waals surface area contributed by atoms with E-state index in [9.17, 15) is 5.26 Å². The lowest BCUT2D eigenvalue weighted by molar-refractivity contribution is 0.202. The van der Waals surface area contributed by atoms with Crippen LogP contribution in [-0.4, -0.2) is 28.3 Å². The van der Waals surface area contributed by atoms with Crippen LogP contribution in [0.1, 0.15) is 37.0 Å². The maximum atomic E-state index is 9.68. The summed E-state index contributed by atoms with van der Waals surface area (Å²) in [7, 11) is 0. The van der Waals surface area contributed by atoms with Gasteiger partial charge in [0.15, 0.2) is 0 Å². The van der Waals surface area contributed by atoms with E-state index >= 15 is 0 Å². The van der Waals surface area contributed by atoms with E-state index in [0.29, 0.717) is 28.0 Å². The predicted molar refractivity (Wildman–Crippen MR) is 121 cm³/mol. The Hall–Kier alpha value is -3.14. The fourth-order valence-electron chi connectivity index (χ4n) is 3.95. The molecule has 0 atom stereocenters. The normalized spacial score (nSPS) is 14.0. The molecule has 0 amide bonds. The van der Waals surface area contributed by atoms with E-state index < -0.39 is 0 Å². The van der Waals surface area contributed by atoms with Crippen molar-refractivity contribution in [2.75, 3.05) is 18.5 Å². The van der Waals surface area contributed by atoms with Crippen LogP contribution in [0, 0.1) is 11.3 Å². The number of rotatable bonds is 6. The largest absolute Gasteiger partial charge is 0.489 e. The summed E-state index contributed by atoms with van der Waals surface area (Å²) >= 11 is 6.14. The highest BCUT2D eigenvalue weighted by Crippen LogP contribution is 2.42. The molecule has 0 unspecified atom stereocenters. The van der Waals surface area contributed by atoms with E-state index in [1.807, 2.05) is 12.1 Å². The Balaban J connectivity index is 1.70. The standard InChI is InChI=1S/C24H23ClN4O2/c1-24(2)7-5-18-16(14-26)11-15(12-19(18)24)20-6-8-27-23(28-20)29-21-13-17(25)3-4-22(21)31-10-9-30/h3-4,6,8,11-13,30H,5,7,9-10H2,1-2H3,(H,27,28,29). The van der Waals surface area contributed by atoms with Gasteiger partial charge >= 0.3 is 0 Å². The average Bonchev–Trinajstić information content (AvgIpc) is 3.07. The predicted octanol–water partition coefficient (Wildman–Crippen LogP) is 5.01. The van der Waals surface area contributed by atoms with Crippen molar-refractivity contribution in [3.63, 3.8) is 0 Å². The molecule has 7 heteroatoms. The minimum Gasteiger partial charge on any atom is -0.489 e. The van der Waals surface area contributed by atoms with Crippen molar-refractivity contribution in [1.29, 1.82) is 5.26 Å². The van der Waals surface area contributed by atoms with Gasteiger partial charge < -0.3 is 15.2 Å². The first-order valence-corrected chi connectivity index (χ1v) is 10.5. The van der Waals surface area contributed by atoms with Gasteiger partial charge in [0.2, 0.25) is 5.95 Å². The quantitative estimate of drug-likeness (QED) is 0.566. The number of ether oxygens (including phenoxy) is 1. The molecule has 1 aliphatic carbocycles. The SMILES string of the molecule is CC1(C)CCc2c(C#N)cc(-c3ccnc(Nc4cc(Cl)ccc4OCCO)n3)cc21. The fraction of sp³-hybridized carbons (Fsp3) is 0.292. The van der Waals surface area contributed by atoms with E-state index in [4.69, 9.17) is 21.4 Å². The number of fused-ring (bicyclic) bond motifs is 1. The van der Waals surface area contributed by atoms with Gasteiger partial charge in [0.05, 0.1) is 29.6 Å². The van der Waals surface area contributed by atoms with Gasteiger partial charge in [-0.05, 0) is 65.8 Å². The van der Waals surface area contributed by atoms with Crippen molar-refractivity contribution >= 4 is 23.2 Å². The van der Waals surface area contributed by atoms with Gasteiger partial charge in [0, 0.05) is 16.8 Å².